The molecule has 0 aliphatic rings. The highest BCUT2D eigenvalue weighted by atomic mass is 16.5. The van der Waals surface area contributed by atoms with Crippen LogP contribution in [0.15, 0.2) is 91.0 Å². The summed E-state index contributed by atoms with van der Waals surface area (Å²) in [7, 11) is 4.10. The minimum Gasteiger partial charge on any atom is -0.492 e. The molecule has 0 spiro atoms. The van der Waals surface area contributed by atoms with Gasteiger partial charge in [-0.05, 0) is 61.3 Å². The van der Waals surface area contributed by atoms with E-state index in [2.05, 4.69) is 95.9 Å². The Bertz CT molecular complexity index is 934. The first-order valence-corrected chi connectivity index (χ1v) is 11.5. The fourth-order valence-electron chi connectivity index (χ4n) is 3.78. The standard InChI is InChI=1S/C29H35NO2/c1-30(2)20-22-32-28-18-16-26(17-19-28)29(25-13-7-4-8-14-25)23-27(15-9-10-21-31)24-11-5-3-6-12-24/h3-8,11-14,16-19,23,27,31H,9-10,15,20-22H2,1-2H3/b29-23+. The Hall–Kier alpha value is -2.88. The van der Waals surface area contributed by atoms with Crippen LogP contribution in [0.5, 0.6) is 5.75 Å². The number of rotatable bonds is 12. The van der Waals surface area contributed by atoms with Crippen molar-refractivity contribution < 1.29 is 9.84 Å². The second-order valence-electron chi connectivity index (χ2n) is 8.36. The van der Waals surface area contributed by atoms with Crippen molar-refractivity contribution in [1.29, 1.82) is 0 Å². The lowest BCUT2D eigenvalue weighted by atomic mass is 9.87. The Morgan fingerprint density at radius 2 is 1.47 bits per heavy atom. The van der Waals surface area contributed by atoms with Gasteiger partial charge in [0.15, 0.2) is 0 Å². The highest BCUT2D eigenvalue weighted by Crippen LogP contribution is 2.32. The van der Waals surface area contributed by atoms with Crippen molar-refractivity contribution in [2.75, 3.05) is 33.9 Å². The molecule has 1 unspecified atom stereocenters. The molecule has 3 aromatic carbocycles. The van der Waals surface area contributed by atoms with Gasteiger partial charge < -0.3 is 14.7 Å². The van der Waals surface area contributed by atoms with Crippen molar-refractivity contribution >= 4 is 5.57 Å². The van der Waals surface area contributed by atoms with Gasteiger partial charge in [-0.15, -0.1) is 0 Å². The average molecular weight is 430 g/mol. The summed E-state index contributed by atoms with van der Waals surface area (Å²) >= 11 is 0. The van der Waals surface area contributed by atoms with Gasteiger partial charge in [-0.25, -0.2) is 0 Å². The van der Waals surface area contributed by atoms with Crippen LogP contribution in [0.3, 0.4) is 0 Å². The Kier molecular flexibility index (Phi) is 9.55. The third kappa shape index (κ3) is 7.37. The Balaban J connectivity index is 1.91. The number of aliphatic hydroxyl groups excluding tert-OH is 1. The van der Waals surface area contributed by atoms with Gasteiger partial charge in [-0.3, -0.25) is 0 Å². The fraction of sp³-hybridized carbons (Fsp3) is 0.310. The zero-order valence-electron chi connectivity index (χ0n) is 19.3. The highest BCUT2D eigenvalue weighted by molar-refractivity contribution is 5.80. The van der Waals surface area contributed by atoms with Crippen LogP contribution in [0.4, 0.5) is 0 Å². The summed E-state index contributed by atoms with van der Waals surface area (Å²) in [6, 6.07) is 29.7. The molecule has 0 saturated heterocycles. The Labute approximate surface area is 193 Å². The minimum absolute atomic E-state index is 0.242. The number of hydrogen-bond acceptors (Lipinski definition) is 3. The van der Waals surface area contributed by atoms with Gasteiger partial charge in [0.2, 0.25) is 0 Å². The van der Waals surface area contributed by atoms with Crippen LogP contribution in [0.2, 0.25) is 0 Å². The average Bonchev–Trinajstić information content (AvgIpc) is 2.83. The first kappa shape index (κ1) is 23.8. The van der Waals surface area contributed by atoms with Crippen LogP contribution >= 0.6 is 0 Å². The molecule has 0 aromatic heterocycles. The Morgan fingerprint density at radius 3 is 2.09 bits per heavy atom. The number of aliphatic hydroxyl groups is 1. The topological polar surface area (TPSA) is 32.7 Å². The zero-order chi connectivity index (χ0) is 22.6. The van der Waals surface area contributed by atoms with Gasteiger partial charge >= 0.3 is 0 Å². The van der Waals surface area contributed by atoms with E-state index >= 15 is 0 Å². The molecule has 1 N–H and O–H groups in total. The van der Waals surface area contributed by atoms with Crippen LogP contribution in [0, 0.1) is 0 Å². The smallest absolute Gasteiger partial charge is 0.119 e. The van der Waals surface area contributed by atoms with Gasteiger partial charge in [0.25, 0.3) is 0 Å². The normalized spacial score (nSPS) is 12.7. The lowest BCUT2D eigenvalue weighted by Crippen LogP contribution is -2.19. The van der Waals surface area contributed by atoms with E-state index in [1.807, 2.05) is 14.1 Å². The lowest BCUT2D eigenvalue weighted by molar-refractivity contribution is 0.261. The summed E-state index contributed by atoms with van der Waals surface area (Å²) in [4.78, 5) is 2.12. The van der Waals surface area contributed by atoms with Crippen molar-refractivity contribution in [1.82, 2.24) is 4.90 Å². The molecule has 1 atom stereocenters. The number of unbranched alkanes of at least 4 members (excludes halogenated alkanes) is 1. The third-order valence-electron chi connectivity index (χ3n) is 5.58. The molecule has 0 saturated carbocycles. The van der Waals surface area contributed by atoms with Gasteiger partial charge in [-0.1, -0.05) is 85.3 Å². The van der Waals surface area contributed by atoms with E-state index in [1.165, 1.54) is 22.3 Å². The minimum atomic E-state index is 0.242. The monoisotopic (exact) mass is 429 g/mol. The molecule has 0 amide bonds. The highest BCUT2D eigenvalue weighted by Gasteiger charge is 2.13. The summed E-state index contributed by atoms with van der Waals surface area (Å²) in [5.41, 5.74) is 4.92. The first-order chi connectivity index (χ1) is 15.7. The Morgan fingerprint density at radius 1 is 0.844 bits per heavy atom. The molecule has 0 heterocycles. The van der Waals surface area contributed by atoms with Crippen LogP contribution in [-0.2, 0) is 0 Å². The molecule has 0 bridgehead atoms. The molecule has 0 aliphatic heterocycles. The maximum atomic E-state index is 9.28. The quantitative estimate of drug-likeness (QED) is 0.358. The molecule has 168 valence electrons. The maximum Gasteiger partial charge on any atom is 0.119 e. The maximum absolute atomic E-state index is 9.28. The number of likely N-dealkylation sites (N-methyl/N-ethyl adjacent to an activating group) is 1. The van der Waals surface area contributed by atoms with Crippen molar-refractivity contribution in [3.05, 3.63) is 108 Å². The molecule has 3 rings (SSSR count). The van der Waals surface area contributed by atoms with E-state index < -0.39 is 0 Å². The second kappa shape index (κ2) is 12.8. The lowest BCUT2D eigenvalue weighted by Gasteiger charge is -2.18. The fourth-order valence-corrected chi connectivity index (χ4v) is 3.78. The van der Waals surface area contributed by atoms with E-state index in [9.17, 15) is 5.11 Å². The van der Waals surface area contributed by atoms with Gasteiger partial charge in [-0.2, -0.15) is 0 Å². The van der Waals surface area contributed by atoms with Crippen molar-refractivity contribution in [2.24, 2.45) is 0 Å². The number of ether oxygens (including phenoxy) is 1. The predicted molar refractivity (Wildman–Crippen MR) is 134 cm³/mol. The summed E-state index contributed by atoms with van der Waals surface area (Å²) in [5.74, 6) is 1.18. The molecule has 3 aromatic rings. The SMILES string of the molecule is CN(C)CCOc1ccc(/C(=C/C(CCCCO)c2ccccc2)c2ccccc2)cc1. The molecule has 32 heavy (non-hydrogen) atoms. The van der Waals surface area contributed by atoms with Crippen molar-refractivity contribution in [2.45, 2.75) is 25.2 Å². The van der Waals surface area contributed by atoms with Gasteiger partial charge in [0, 0.05) is 19.1 Å². The number of benzene rings is 3. The number of allylic oxidation sites excluding steroid dienone is 1. The van der Waals surface area contributed by atoms with Crippen LogP contribution < -0.4 is 4.74 Å². The first-order valence-electron chi connectivity index (χ1n) is 11.5. The predicted octanol–water partition coefficient (Wildman–Crippen LogP) is 6.01. The molecule has 0 radical (unpaired) electrons. The van der Waals surface area contributed by atoms with E-state index in [1.54, 1.807) is 0 Å². The summed E-state index contributed by atoms with van der Waals surface area (Å²) < 4.78 is 5.89. The summed E-state index contributed by atoms with van der Waals surface area (Å²) in [5, 5.41) is 9.28. The van der Waals surface area contributed by atoms with Crippen LogP contribution in [0.1, 0.15) is 41.9 Å². The van der Waals surface area contributed by atoms with E-state index in [0.29, 0.717) is 6.61 Å². The summed E-state index contributed by atoms with van der Waals surface area (Å²) in [6.45, 7) is 1.81. The van der Waals surface area contributed by atoms with E-state index in [4.69, 9.17) is 4.74 Å². The molecular weight excluding hydrogens is 394 g/mol. The van der Waals surface area contributed by atoms with Crippen LogP contribution in [-0.4, -0.2) is 43.9 Å². The number of hydrogen-bond donors (Lipinski definition) is 1. The van der Waals surface area contributed by atoms with E-state index in [-0.39, 0.29) is 12.5 Å². The van der Waals surface area contributed by atoms with Crippen LogP contribution in [0.25, 0.3) is 5.57 Å². The van der Waals surface area contributed by atoms with Gasteiger partial charge in [0.05, 0.1) is 0 Å². The molecular formula is C29H35NO2. The zero-order valence-corrected chi connectivity index (χ0v) is 19.3. The van der Waals surface area contributed by atoms with E-state index in [0.717, 1.165) is 31.6 Å². The van der Waals surface area contributed by atoms with Crippen molar-refractivity contribution in [3.63, 3.8) is 0 Å². The largest absolute Gasteiger partial charge is 0.492 e. The second-order valence-corrected chi connectivity index (χ2v) is 8.36. The van der Waals surface area contributed by atoms with Crippen molar-refractivity contribution in [3.8, 4) is 5.75 Å². The summed E-state index contributed by atoms with van der Waals surface area (Å²) in [6.07, 6.45) is 5.22. The number of nitrogens with zero attached hydrogens (tertiary/aromatic N) is 1. The molecule has 3 heteroatoms. The molecule has 0 aliphatic carbocycles. The van der Waals surface area contributed by atoms with Gasteiger partial charge in [0.1, 0.15) is 12.4 Å². The molecule has 0 fully saturated rings. The third-order valence-corrected chi connectivity index (χ3v) is 5.58. The molecule has 3 nitrogen and oxygen atoms in total.